The predicted molar refractivity (Wildman–Crippen MR) is 72.6 cm³/mol. The van der Waals surface area contributed by atoms with Crippen molar-refractivity contribution in [3.63, 3.8) is 0 Å². The molecule has 1 unspecified atom stereocenters. The van der Waals surface area contributed by atoms with Crippen molar-refractivity contribution in [3.05, 3.63) is 29.3 Å². The van der Waals surface area contributed by atoms with Gasteiger partial charge < -0.3 is 4.74 Å². The lowest BCUT2D eigenvalue weighted by Gasteiger charge is -2.11. The minimum atomic E-state index is -3.50. The number of hydrogen-bond acceptors (Lipinski definition) is 3. The SMILES string of the molecule is COCC(Cl)CNS(=O)(=O)c1ccc(C)c(C)c1. The number of ether oxygens (including phenoxy) is 1. The second-order valence-corrected chi connectivity index (χ2v) is 6.53. The minimum absolute atomic E-state index is 0.144. The summed E-state index contributed by atoms with van der Waals surface area (Å²) in [5.74, 6) is 0. The Morgan fingerprint density at radius 3 is 2.56 bits per heavy atom. The maximum Gasteiger partial charge on any atom is 0.240 e. The summed E-state index contributed by atoms with van der Waals surface area (Å²) in [4.78, 5) is 0.256. The van der Waals surface area contributed by atoms with Gasteiger partial charge in [0.15, 0.2) is 0 Å². The first-order valence-electron chi connectivity index (χ1n) is 5.56. The van der Waals surface area contributed by atoms with Crippen LogP contribution in [0.3, 0.4) is 0 Å². The van der Waals surface area contributed by atoms with Crippen LogP contribution in [0.2, 0.25) is 0 Å². The van der Waals surface area contributed by atoms with Gasteiger partial charge in [0, 0.05) is 13.7 Å². The molecule has 1 aromatic carbocycles. The van der Waals surface area contributed by atoms with Crippen molar-refractivity contribution < 1.29 is 13.2 Å². The molecular formula is C12H18ClNO3S. The Morgan fingerprint density at radius 1 is 1.33 bits per heavy atom. The van der Waals surface area contributed by atoms with E-state index in [1.807, 2.05) is 13.8 Å². The minimum Gasteiger partial charge on any atom is -0.383 e. The fourth-order valence-corrected chi connectivity index (χ4v) is 2.87. The monoisotopic (exact) mass is 291 g/mol. The maximum atomic E-state index is 12.0. The van der Waals surface area contributed by atoms with Gasteiger partial charge in [-0.1, -0.05) is 6.07 Å². The fraction of sp³-hybridized carbons (Fsp3) is 0.500. The molecule has 18 heavy (non-hydrogen) atoms. The van der Waals surface area contributed by atoms with Crippen LogP contribution in [0, 0.1) is 13.8 Å². The topological polar surface area (TPSA) is 55.4 Å². The Labute approximate surface area is 113 Å². The zero-order valence-electron chi connectivity index (χ0n) is 10.7. The third-order valence-corrected chi connectivity index (χ3v) is 4.33. The molecule has 0 heterocycles. The quantitative estimate of drug-likeness (QED) is 0.814. The molecule has 0 bridgehead atoms. The van der Waals surface area contributed by atoms with Gasteiger partial charge in [0.2, 0.25) is 10.0 Å². The van der Waals surface area contributed by atoms with E-state index in [1.54, 1.807) is 18.2 Å². The lowest BCUT2D eigenvalue weighted by Crippen LogP contribution is -2.31. The zero-order valence-corrected chi connectivity index (χ0v) is 12.3. The molecule has 0 aliphatic rings. The molecule has 6 heteroatoms. The number of aryl methyl sites for hydroxylation is 2. The molecule has 102 valence electrons. The van der Waals surface area contributed by atoms with Crippen molar-refractivity contribution >= 4 is 21.6 Å². The van der Waals surface area contributed by atoms with Crippen molar-refractivity contribution in [1.82, 2.24) is 4.72 Å². The van der Waals surface area contributed by atoms with Crippen LogP contribution in [0.4, 0.5) is 0 Å². The molecule has 0 fully saturated rings. The van der Waals surface area contributed by atoms with Crippen LogP contribution in [0.5, 0.6) is 0 Å². The Morgan fingerprint density at radius 2 is 2.00 bits per heavy atom. The smallest absolute Gasteiger partial charge is 0.240 e. The molecule has 1 atom stereocenters. The molecule has 0 aromatic heterocycles. The number of methoxy groups -OCH3 is 1. The lowest BCUT2D eigenvalue weighted by atomic mass is 10.1. The zero-order chi connectivity index (χ0) is 13.8. The molecule has 0 spiro atoms. The highest BCUT2D eigenvalue weighted by Crippen LogP contribution is 2.14. The van der Waals surface area contributed by atoms with Gasteiger partial charge in [-0.05, 0) is 37.1 Å². The van der Waals surface area contributed by atoms with E-state index in [2.05, 4.69) is 4.72 Å². The van der Waals surface area contributed by atoms with Crippen LogP contribution in [-0.2, 0) is 14.8 Å². The van der Waals surface area contributed by atoms with Crippen molar-refractivity contribution in [2.75, 3.05) is 20.3 Å². The van der Waals surface area contributed by atoms with Crippen LogP contribution >= 0.6 is 11.6 Å². The van der Waals surface area contributed by atoms with Gasteiger partial charge in [0.05, 0.1) is 16.9 Å². The summed E-state index contributed by atoms with van der Waals surface area (Å²) in [6.45, 7) is 4.26. The first kappa shape index (κ1) is 15.4. The number of benzene rings is 1. The van der Waals surface area contributed by atoms with Crippen LogP contribution in [0.1, 0.15) is 11.1 Å². The summed E-state index contributed by atoms with van der Waals surface area (Å²) >= 11 is 5.88. The average molecular weight is 292 g/mol. The number of halogens is 1. The van der Waals surface area contributed by atoms with Gasteiger partial charge in [0.25, 0.3) is 0 Å². The number of rotatable bonds is 6. The summed E-state index contributed by atoms with van der Waals surface area (Å²) in [7, 11) is -1.98. The summed E-state index contributed by atoms with van der Waals surface area (Å²) in [6.07, 6.45) is 0. The first-order valence-corrected chi connectivity index (χ1v) is 7.48. The molecule has 1 rings (SSSR count). The molecule has 4 nitrogen and oxygen atoms in total. The van der Waals surface area contributed by atoms with E-state index < -0.39 is 10.0 Å². The second-order valence-electron chi connectivity index (χ2n) is 4.15. The van der Waals surface area contributed by atoms with Crippen molar-refractivity contribution in [2.24, 2.45) is 0 Å². The molecule has 0 saturated heterocycles. The standard InChI is InChI=1S/C12H18ClNO3S/c1-9-4-5-12(6-10(9)2)18(15,16)14-7-11(13)8-17-3/h4-6,11,14H,7-8H2,1-3H3. The van der Waals surface area contributed by atoms with Crippen LogP contribution in [0.15, 0.2) is 23.1 Å². The van der Waals surface area contributed by atoms with Crippen molar-refractivity contribution in [2.45, 2.75) is 24.1 Å². The van der Waals surface area contributed by atoms with E-state index >= 15 is 0 Å². The molecule has 0 saturated carbocycles. The van der Waals surface area contributed by atoms with E-state index in [0.29, 0.717) is 6.61 Å². The summed E-state index contributed by atoms with van der Waals surface area (Å²) in [6, 6.07) is 5.03. The summed E-state index contributed by atoms with van der Waals surface area (Å²) in [5.41, 5.74) is 2.00. The van der Waals surface area contributed by atoms with Gasteiger partial charge in [-0.2, -0.15) is 0 Å². The number of alkyl halides is 1. The molecule has 0 radical (unpaired) electrons. The van der Waals surface area contributed by atoms with E-state index in [9.17, 15) is 8.42 Å². The van der Waals surface area contributed by atoms with Gasteiger partial charge in [-0.25, -0.2) is 13.1 Å². The highest BCUT2D eigenvalue weighted by Gasteiger charge is 2.16. The Bertz CT molecular complexity index is 502. The summed E-state index contributed by atoms with van der Waals surface area (Å²) in [5, 5.41) is -0.378. The van der Waals surface area contributed by atoms with Crippen molar-refractivity contribution in [1.29, 1.82) is 0 Å². The van der Waals surface area contributed by atoms with Gasteiger partial charge in [0.1, 0.15) is 0 Å². The van der Waals surface area contributed by atoms with E-state index in [4.69, 9.17) is 16.3 Å². The lowest BCUT2D eigenvalue weighted by molar-refractivity contribution is 0.198. The molecule has 1 aromatic rings. The maximum absolute atomic E-state index is 12.0. The third-order valence-electron chi connectivity index (χ3n) is 2.63. The van der Waals surface area contributed by atoms with E-state index in [1.165, 1.54) is 7.11 Å². The molecular weight excluding hydrogens is 274 g/mol. The number of hydrogen-bond donors (Lipinski definition) is 1. The molecule has 0 amide bonds. The highest BCUT2D eigenvalue weighted by molar-refractivity contribution is 7.89. The largest absolute Gasteiger partial charge is 0.383 e. The van der Waals surface area contributed by atoms with Gasteiger partial charge >= 0.3 is 0 Å². The Balaban J connectivity index is 2.77. The predicted octanol–water partition coefficient (Wildman–Crippen LogP) is 1.84. The molecule has 1 N–H and O–H groups in total. The van der Waals surface area contributed by atoms with Crippen LogP contribution < -0.4 is 4.72 Å². The fourth-order valence-electron chi connectivity index (χ4n) is 1.40. The number of nitrogens with one attached hydrogen (secondary N) is 1. The normalized spacial score (nSPS) is 13.6. The third kappa shape index (κ3) is 4.24. The van der Waals surface area contributed by atoms with Gasteiger partial charge in [-0.3, -0.25) is 0 Å². The Hall–Kier alpha value is -0.620. The van der Waals surface area contributed by atoms with E-state index in [0.717, 1.165) is 11.1 Å². The van der Waals surface area contributed by atoms with Gasteiger partial charge in [-0.15, -0.1) is 11.6 Å². The van der Waals surface area contributed by atoms with Crippen LogP contribution in [0.25, 0.3) is 0 Å². The van der Waals surface area contributed by atoms with E-state index in [-0.39, 0.29) is 16.8 Å². The molecule has 0 aliphatic heterocycles. The molecule has 0 aliphatic carbocycles. The highest BCUT2D eigenvalue weighted by atomic mass is 35.5. The second kappa shape index (κ2) is 6.52. The first-order chi connectivity index (χ1) is 8.36. The average Bonchev–Trinajstić information content (AvgIpc) is 2.30. The Kier molecular flexibility index (Phi) is 5.59. The van der Waals surface area contributed by atoms with Crippen LogP contribution in [-0.4, -0.2) is 34.1 Å². The van der Waals surface area contributed by atoms with Crippen molar-refractivity contribution in [3.8, 4) is 0 Å². The number of sulfonamides is 1. The summed E-state index contributed by atoms with van der Waals surface area (Å²) < 4.78 is 31.3.